The summed E-state index contributed by atoms with van der Waals surface area (Å²) in [6.45, 7) is 0.699. The monoisotopic (exact) mass is 283 g/mol. The van der Waals surface area contributed by atoms with Crippen molar-refractivity contribution < 1.29 is 17.9 Å². The summed E-state index contributed by atoms with van der Waals surface area (Å²) in [5.74, 6) is 0.463. The van der Waals surface area contributed by atoms with Gasteiger partial charge in [0.15, 0.2) is 16.4 Å². The molecule has 0 aromatic heterocycles. The molecule has 1 atom stereocenters. The highest BCUT2D eigenvalue weighted by Gasteiger charge is 2.32. The van der Waals surface area contributed by atoms with Crippen LogP contribution in [0.3, 0.4) is 0 Å². The second-order valence-corrected chi connectivity index (χ2v) is 7.01. The topological polar surface area (TPSA) is 63.7 Å². The molecular weight excluding hydrogens is 266 g/mol. The van der Waals surface area contributed by atoms with Crippen LogP contribution in [-0.4, -0.2) is 50.4 Å². The van der Waals surface area contributed by atoms with Crippen LogP contribution in [0.1, 0.15) is 6.42 Å². The minimum atomic E-state index is -3.07. The highest BCUT2D eigenvalue weighted by molar-refractivity contribution is 7.91. The van der Waals surface area contributed by atoms with Crippen molar-refractivity contribution in [2.75, 3.05) is 26.0 Å². The fourth-order valence-corrected chi connectivity index (χ4v) is 3.04. The SMILES string of the molecule is CS(=O)(=O)C1CCN(C(=O)COc2ccccc2)C1. The Kier molecular flexibility index (Phi) is 4.09. The first-order valence-corrected chi connectivity index (χ1v) is 8.07. The summed E-state index contributed by atoms with van der Waals surface area (Å²) < 4.78 is 28.2. The minimum Gasteiger partial charge on any atom is -0.484 e. The Morgan fingerprint density at radius 3 is 2.63 bits per heavy atom. The van der Waals surface area contributed by atoms with Gasteiger partial charge in [-0.2, -0.15) is 0 Å². The molecule has 2 rings (SSSR count). The number of hydrogen-bond donors (Lipinski definition) is 0. The molecule has 1 aromatic rings. The van der Waals surface area contributed by atoms with E-state index in [1.54, 1.807) is 17.0 Å². The Hall–Kier alpha value is -1.56. The van der Waals surface area contributed by atoms with E-state index in [0.717, 1.165) is 0 Å². The predicted octanol–water partition coefficient (Wildman–Crippen LogP) is 0.711. The second-order valence-electron chi connectivity index (χ2n) is 4.68. The fraction of sp³-hybridized carbons (Fsp3) is 0.462. The lowest BCUT2D eigenvalue weighted by molar-refractivity contribution is -0.132. The van der Waals surface area contributed by atoms with Crippen molar-refractivity contribution in [1.82, 2.24) is 4.90 Å². The molecule has 1 aliphatic rings. The Bertz CT molecular complexity index is 541. The van der Waals surface area contributed by atoms with E-state index in [0.29, 0.717) is 18.7 Å². The maximum Gasteiger partial charge on any atom is 0.260 e. The van der Waals surface area contributed by atoms with Crippen LogP contribution < -0.4 is 4.74 Å². The summed E-state index contributed by atoms with van der Waals surface area (Å²) in [5, 5.41) is -0.437. The molecule has 19 heavy (non-hydrogen) atoms. The van der Waals surface area contributed by atoms with E-state index in [1.165, 1.54) is 6.26 Å². The van der Waals surface area contributed by atoms with E-state index in [1.807, 2.05) is 18.2 Å². The quantitative estimate of drug-likeness (QED) is 0.816. The van der Waals surface area contributed by atoms with Crippen molar-refractivity contribution >= 4 is 15.7 Å². The number of ether oxygens (including phenoxy) is 1. The number of hydrogen-bond acceptors (Lipinski definition) is 4. The van der Waals surface area contributed by atoms with E-state index < -0.39 is 15.1 Å². The molecule has 5 nitrogen and oxygen atoms in total. The number of likely N-dealkylation sites (tertiary alicyclic amines) is 1. The zero-order valence-corrected chi connectivity index (χ0v) is 11.6. The van der Waals surface area contributed by atoms with Gasteiger partial charge in [0, 0.05) is 19.3 Å². The smallest absolute Gasteiger partial charge is 0.260 e. The van der Waals surface area contributed by atoms with Crippen LogP contribution in [0.2, 0.25) is 0 Å². The molecular formula is C13H17NO4S. The maximum absolute atomic E-state index is 11.9. The molecule has 1 unspecified atom stereocenters. The first-order chi connectivity index (χ1) is 8.97. The largest absolute Gasteiger partial charge is 0.484 e. The Labute approximate surface area is 113 Å². The molecule has 1 aromatic carbocycles. The van der Waals surface area contributed by atoms with Crippen LogP contribution in [-0.2, 0) is 14.6 Å². The molecule has 1 heterocycles. The third-order valence-electron chi connectivity index (χ3n) is 3.21. The number of nitrogens with zero attached hydrogens (tertiary/aromatic N) is 1. The average Bonchev–Trinajstić information content (AvgIpc) is 2.87. The molecule has 0 saturated carbocycles. The molecule has 0 N–H and O–H groups in total. The molecule has 6 heteroatoms. The van der Waals surface area contributed by atoms with Gasteiger partial charge in [0.1, 0.15) is 5.75 Å². The van der Waals surface area contributed by atoms with Crippen LogP contribution in [0.25, 0.3) is 0 Å². The minimum absolute atomic E-state index is 0.0551. The van der Waals surface area contributed by atoms with Crippen LogP contribution in [0.5, 0.6) is 5.75 Å². The fourth-order valence-electron chi connectivity index (χ4n) is 2.06. The Morgan fingerprint density at radius 1 is 1.37 bits per heavy atom. The van der Waals surface area contributed by atoms with Gasteiger partial charge < -0.3 is 9.64 Å². The van der Waals surface area contributed by atoms with Crippen LogP contribution in [0.15, 0.2) is 30.3 Å². The van der Waals surface area contributed by atoms with Gasteiger partial charge in [-0.05, 0) is 18.6 Å². The van der Waals surface area contributed by atoms with E-state index in [-0.39, 0.29) is 19.1 Å². The Balaban J connectivity index is 1.85. The van der Waals surface area contributed by atoms with Gasteiger partial charge in [0.05, 0.1) is 5.25 Å². The lowest BCUT2D eigenvalue weighted by atomic mass is 10.3. The molecule has 1 aliphatic heterocycles. The lowest BCUT2D eigenvalue weighted by Crippen LogP contribution is -2.34. The zero-order valence-electron chi connectivity index (χ0n) is 10.8. The summed E-state index contributed by atoms with van der Waals surface area (Å²) in [6, 6.07) is 9.07. The Morgan fingerprint density at radius 2 is 2.05 bits per heavy atom. The number of carbonyl (C=O) groups excluding carboxylic acids is 1. The molecule has 0 spiro atoms. The molecule has 0 radical (unpaired) electrons. The first kappa shape index (κ1) is 13.9. The van der Waals surface area contributed by atoms with E-state index in [2.05, 4.69) is 0 Å². The van der Waals surface area contributed by atoms with Gasteiger partial charge in [-0.15, -0.1) is 0 Å². The lowest BCUT2D eigenvalue weighted by Gasteiger charge is -2.16. The van der Waals surface area contributed by atoms with Crippen LogP contribution >= 0.6 is 0 Å². The summed E-state index contributed by atoms with van der Waals surface area (Å²) in [4.78, 5) is 13.4. The van der Waals surface area contributed by atoms with Gasteiger partial charge in [-0.25, -0.2) is 8.42 Å². The van der Waals surface area contributed by atoms with Gasteiger partial charge in [0.25, 0.3) is 5.91 Å². The van der Waals surface area contributed by atoms with E-state index in [4.69, 9.17) is 4.74 Å². The van der Waals surface area contributed by atoms with Crippen molar-refractivity contribution in [2.45, 2.75) is 11.7 Å². The van der Waals surface area contributed by atoms with Crippen LogP contribution in [0.4, 0.5) is 0 Å². The summed E-state index contributed by atoms with van der Waals surface area (Å²) in [6.07, 6.45) is 1.72. The van der Waals surface area contributed by atoms with Gasteiger partial charge in [-0.1, -0.05) is 18.2 Å². The zero-order chi connectivity index (χ0) is 13.9. The van der Waals surface area contributed by atoms with Crippen molar-refractivity contribution in [3.63, 3.8) is 0 Å². The molecule has 1 amide bonds. The first-order valence-electron chi connectivity index (χ1n) is 6.11. The second kappa shape index (κ2) is 5.61. The highest BCUT2D eigenvalue weighted by Crippen LogP contribution is 2.16. The maximum atomic E-state index is 11.9. The highest BCUT2D eigenvalue weighted by atomic mass is 32.2. The third-order valence-corrected chi connectivity index (χ3v) is 4.80. The summed E-state index contributed by atoms with van der Waals surface area (Å²) in [5.41, 5.74) is 0. The average molecular weight is 283 g/mol. The molecule has 1 saturated heterocycles. The third kappa shape index (κ3) is 3.70. The van der Waals surface area contributed by atoms with Gasteiger partial charge >= 0.3 is 0 Å². The van der Waals surface area contributed by atoms with Crippen molar-refractivity contribution in [1.29, 1.82) is 0 Å². The summed E-state index contributed by atoms with van der Waals surface area (Å²) >= 11 is 0. The van der Waals surface area contributed by atoms with Gasteiger partial charge in [-0.3, -0.25) is 4.79 Å². The number of carbonyl (C=O) groups is 1. The molecule has 0 bridgehead atoms. The number of rotatable bonds is 4. The van der Waals surface area contributed by atoms with Crippen molar-refractivity contribution in [3.05, 3.63) is 30.3 Å². The van der Waals surface area contributed by atoms with E-state index in [9.17, 15) is 13.2 Å². The number of benzene rings is 1. The van der Waals surface area contributed by atoms with Crippen molar-refractivity contribution in [3.8, 4) is 5.75 Å². The normalized spacial score (nSPS) is 19.4. The van der Waals surface area contributed by atoms with Gasteiger partial charge in [0.2, 0.25) is 0 Å². The van der Waals surface area contributed by atoms with E-state index >= 15 is 0 Å². The van der Waals surface area contributed by atoms with Crippen LogP contribution in [0, 0.1) is 0 Å². The number of para-hydroxylation sites is 1. The molecule has 0 aliphatic carbocycles. The molecule has 104 valence electrons. The number of sulfone groups is 1. The van der Waals surface area contributed by atoms with Crippen molar-refractivity contribution in [2.24, 2.45) is 0 Å². The molecule has 1 fully saturated rings. The standard InChI is InChI=1S/C13H17NO4S/c1-19(16,17)12-7-8-14(9-12)13(15)10-18-11-5-3-2-4-6-11/h2-6,12H,7-10H2,1H3. The summed E-state index contributed by atoms with van der Waals surface area (Å²) in [7, 11) is -3.07. The number of amides is 1. The predicted molar refractivity (Wildman–Crippen MR) is 71.8 cm³/mol.